The molecule has 2 N–H and O–H groups in total. The molecule has 3 nitrogen and oxygen atoms in total. The van der Waals surface area contributed by atoms with Crippen LogP contribution in [0.5, 0.6) is 0 Å². The minimum Gasteiger partial charge on any atom is -0.394 e. The lowest BCUT2D eigenvalue weighted by Gasteiger charge is -2.26. The number of hydrogen-bond acceptors (Lipinski definition) is 2. The smallest absolute Gasteiger partial charge is 0.224 e. The summed E-state index contributed by atoms with van der Waals surface area (Å²) in [6, 6.07) is 10.8. The van der Waals surface area contributed by atoms with E-state index in [0.29, 0.717) is 17.9 Å². The van der Waals surface area contributed by atoms with Crippen molar-refractivity contribution in [2.24, 2.45) is 5.41 Å². The Kier molecular flexibility index (Phi) is 8.19. The van der Waals surface area contributed by atoms with Gasteiger partial charge in [0.05, 0.1) is 19.1 Å². The fourth-order valence-corrected chi connectivity index (χ4v) is 3.92. The van der Waals surface area contributed by atoms with E-state index in [4.69, 9.17) is 0 Å². The van der Waals surface area contributed by atoms with Gasteiger partial charge in [0.25, 0.3) is 0 Å². The zero-order valence-corrected chi connectivity index (χ0v) is 19.2. The third kappa shape index (κ3) is 6.66. The molecule has 2 aromatic rings. The molecule has 1 atom stereocenters. The Morgan fingerprint density at radius 3 is 2.33 bits per heavy atom. The largest absolute Gasteiger partial charge is 0.394 e. The van der Waals surface area contributed by atoms with Crippen molar-refractivity contribution >= 4 is 5.91 Å². The molecule has 30 heavy (non-hydrogen) atoms. The average molecular weight is 414 g/mol. The first-order valence-electron chi connectivity index (χ1n) is 10.8. The summed E-state index contributed by atoms with van der Waals surface area (Å²) >= 11 is 0. The summed E-state index contributed by atoms with van der Waals surface area (Å²) in [6.45, 7) is 12.6. The molecule has 0 aliphatic heterocycles. The van der Waals surface area contributed by atoms with Gasteiger partial charge in [-0.25, -0.2) is 4.39 Å². The molecular formula is C26H36FNO2. The Balaban J connectivity index is 2.23. The van der Waals surface area contributed by atoms with Crippen LogP contribution in [-0.2, 0) is 24.1 Å². The van der Waals surface area contributed by atoms with Gasteiger partial charge in [0.2, 0.25) is 5.91 Å². The summed E-state index contributed by atoms with van der Waals surface area (Å²) in [6.07, 6.45) is 1.44. The van der Waals surface area contributed by atoms with E-state index in [2.05, 4.69) is 58.1 Å². The molecule has 2 rings (SSSR count). The third-order valence-electron chi connectivity index (χ3n) is 5.38. The van der Waals surface area contributed by atoms with Crippen LogP contribution in [-0.4, -0.2) is 23.7 Å². The van der Waals surface area contributed by atoms with Gasteiger partial charge in [-0.1, -0.05) is 65.0 Å². The molecule has 0 saturated heterocycles. The van der Waals surface area contributed by atoms with Crippen LogP contribution in [0.25, 0.3) is 0 Å². The molecule has 4 heteroatoms. The second kappa shape index (κ2) is 10.2. The highest BCUT2D eigenvalue weighted by atomic mass is 19.1. The summed E-state index contributed by atoms with van der Waals surface area (Å²) < 4.78 is 14.1. The van der Waals surface area contributed by atoms with E-state index in [1.807, 2.05) is 0 Å². The minimum absolute atomic E-state index is 0.0321. The number of benzene rings is 2. The summed E-state index contributed by atoms with van der Waals surface area (Å²) in [5, 5.41) is 12.9. The quantitative estimate of drug-likeness (QED) is 0.632. The first-order chi connectivity index (χ1) is 14.0. The van der Waals surface area contributed by atoms with Gasteiger partial charge in [-0.05, 0) is 59.4 Å². The molecule has 0 radical (unpaired) electrons. The SMILES string of the molecule is Cc1cccc(F)c1CC(=O)NC(CO)Cc1c(CC(C)(C)C)cccc1C(C)C. The first kappa shape index (κ1) is 24.1. The number of hydrogen-bond donors (Lipinski definition) is 2. The van der Waals surface area contributed by atoms with Crippen molar-refractivity contribution in [3.8, 4) is 0 Å². The van der Waals surface area contributed by atoms with E-state index in [1.54, 1.807) is 19.1 Å². The normalized spacial score (nSPS) is 12.8. The summed E-state index contributed by atoms with van der Waals surface area (Å²) in [4.78, 5) is 12.6. The van der Waals surface area contributed by atoms with Crippen LogP contribution < -0.4 is 5.32 Å². The molecule has 1 unspecified atom stereocenters. The van der Waals surface area contributed by atoms with Crippen LogP contribution in [0.2, 0.25) is 0 Å². The van der Waals surface area contributed by atoms with Gasteiger partial charge in [0.15, 0.2) is 0 Å². The van der Waals surface area contributed by atoms with Crippen LogP contribution in [0.1, 0.15) is 68.4 Å². The van der Waals surface area contributed by atoms with E-state index < -0.39 is 6.04 Å². The Morgan fingerprint density at radius 1 is 1.10 bits per heavy atom. The maximum atomic E-state index is 14.1. The maximum Gasteiger partial charge on any atom is 0.224 e. The van der Waals surface area contributed by atoms with Gasteiger partial charge in [-0.15, -0.1) is 0 Å². The topological polar surface area (TPSA) is 49.3 Å². The predicted molar refractivity (Wildman–Crippen MR) is 121 cm³/mol. The van der Waals surface area contributed by atoms with Crippen molar-refractivity contribution < 1.29 is 14.3 Å². The molecule has 0 aliphatic carbocycles. The van der Waals surface area contributed by atoms with Crippen molar-refractivity contribution in [3.05, 3.63) is 70.0 Å². The number of aliphatic hydroxyl groups excluding tert-OH is 1. The molecular weight excluding hydrogens is 377 g/mol. The van der Waals surface area contributed by atoms with E-state index in [0.717, 1.165) is 12.0 Å². The molecule has 0 spiro atoms. The van der Waals surface area contributed by atoms with Gasteiger partial charge < -0.3 is 10.4 Å². The number of amides is 1. The molecule has 164 valence electrons. The lowest BCUT2D eigenvalue weighted by molar-refractivity contribution is -0.121. The molecule has 0 saturated carbocycles. The van der Waals surface area contributed by atoms with Crippen molar-refractivity contribution in [3.63, 3.8) is 0 Å². The fourth-order valence-electron chi connectivity index (χ4n) is 3.92. The monoisotopic (exact) mass is 413 g/mol. The Bertz CT molecular complexity index is 848. The highest BCUT2D eigenvalue weighted by Gasteiger charge is 2.21. The summed E-state index contributed by atoms with van der Waals surface area (Å²) in [7, 11) is 0. The van der Waals surface area contributed by atoms with Crippen molar-refractivity contribution in [2.45, 2.75) is 72.8 Å². The van der Waals surface area contributed by atoms with Gasteiger partial charge in [0, 0.05) is 5.56 Å². The number of carbonyl (C=O) groups is 1. The molecule has 0 bridgehead atoms. The Morgan fingerprint density at radius 2 is 1.77 bits per heavy atom. The van der Waals surface area contributed by atoms with Crippen molar-refractivity contribution in [2.75, 3.05) is 6.61 Å². The van der Waals surface area contributed by atoms with Crippen LogP contribution >= 0.6 is 0 Å². The average Bonchev–Trinajstić information content (AvgIpc) is 2.64. The minimum atomic E-state index is -0.414. The van der Waals surface area contributed by atoms with Gasteiger partial charge in [-0.2, -0.15) is 0 Å². The van der Waals surface area contributed by atoms with E-state index in [-0.39, 0.29) is 30.2 Å². The first-order valence-corrected chi connectivity index (χ1v) is 10.8. The Hall–Kier alpha value is -2.20. The van der Waals surface area contributed by atoms with Gasteiger partial charge in [0.1, 0.15) is 5.82 Å². The molecule has 2 aromatic carbocycles. The van der Waals surface area contributed by atoms with Crippen LogP contribution in [0, 0.1) is 18.2 Å². The molecule has 0 aromatic heterocycles. The zero-order valence-electron chi connectivity index (χ0n) is 19.2. The number of nitrogens with one attached hydrogen (secondary N) is 1. The van der Waals surface area contributed by atoms with Crippen LogP contribution in [0.4, 0.5) is 4.39 Å². The fraction of sp³-hybridized carbons (Fsp3) is 0.500. The van der Waals surface area contributed by atoms with E-state index in [9.17, 15) is 14.3 Å². The number of aryl methyl sites for hydroxylation is 1. The highest BCUT2D eigenvalue weighted by molar-refractivity contribution is 5.79. The maximum absolute atomic E-state index is 14.1. The second-order valence-corrected chi connectivity index (χ2v) is 9.74. The molecule has 1 amide bonds. The zero-order chi connectivity index (χ0) is 22.5. The Labute approximate surface area is 180 Å². The summed E-state index contributed by atoms with van der Waals surface area (Å²) in [5.74, 6) is -0.305. The van der Waals surface area contributed by atoms with Crippen molar-refractivity contribution in [1.29, 1.82) is 0 Å². The molecule has 0 heterocycles. The lowest BCUT2D eigenvalue weighted by atomic mass is 9.82. The third-order valence-corrected chi connectivity index (χ3v) is 5.38. The molecule has 0 aliphatic rings. The number of carbonyl (C=O) groups excluding carboxylic acids is 1. The highest BCUT2D eigenvalue weighted by Crippen LogP contribution is 2.29. The predicted octanol–water partition coefficient (Wildman–Crippen LogP) is 5.11. The molecule has 0 fully saturated rings. The number of rotatable bonds is 8. The van der Waals surface area contributed by atoms with Gasteiger partial charge >= 0.3 is 0 Å². The van der Waals surface area contributed by atoms with Crippen LogP contribution in [0.15, 0.2) is 36.4 Å². The van der Waals surface area contributed by atoms with Crippen LogP contribution in [0.3, 0.4) is 0 Å². The summed E-state index contributed by atoms with van der Waals surface area (Å²) in [5.41, 5.74) is 4.99. The lowest BCUT2D eigenvalue weighted by Crippen LogP contribution is -2.40. The number of aliphatic hydroxyl groups is 1. The van der Waals surface area contributed by atoms with E-state index in [1.165, 1.54) is 22.8 Å². The van der Waals surface area contributed by atoms with Crippen molar-refractivity contribution in [1.82, 2.24) is 5.32 Å². The van der Waals surface area contributed by atoms with Gasteiger partial charge in [-0.3, -0.25) is 4.79 Å². The van der Waals surface area contributed by atoms with E-state index >= 15 is 0 Å². The number of halogens is 1. The standard InChI is InChI=1S/C26H36FNO2/c1-17(2)21-11-8-10-19(15-26(4,5)6)23(21)13-20(16-29)28-25(30)14-22-18(3)9-7-12-24(22)27/h7-12,17,20,29H,13-16H2,1-6H3,(H,28,30). The second-order valence-electron chi connectivity index (χ2n) is 9.74.